The maximum Gasteiger partial charge on any atom is 0.439 e. The Balaban J connectivity index is 1.27. The second-order valence-electron chi connectivity index (χ2n) is 8.58. The van der Waals surface area contributed by atoms with Crippen LogP contribution < -0.4 is 16.0 Å². The fraction of sp³-hybridized carbons (Fsp3) is 0.292. The monoisotopic (exact) mass is 511 g/mol. The molecule has 0 bridgehead atoms. The lowest BCUT2D eigenvalue weighted by Crippen LogP contribution is -2.55. The molecule has 13 heteroatoms. The predicted molar refractivity (Wildman–Crippen MR) is 126 cm³/mol. The number of ether oxygens (including phenoxy) is 1. The molecule has 3 amide bonds. The number of amides is 3. The molecule has 0 aliphatic carbocycles. The van der Waals surface area contributed by atoms with E-state index in [0.29, 0.717) is 24.3 Å². The van der Waals surface area contributed by atoms with Gasteiger partial charge < -0.3 is 25.0 Å². The van der Waals surface area contributed by atoms with Crippen molar-refractivity contribution in [3.63, 3.8) is 0 Å². The summed E-state index contributed by atoms with van der Waals surface area (Å²) >= 11 is 0. The summed E-state index contributed by atoms with van der Waals surface area (Å²) < 4.78 is 24.2. The lowest BCUT2D eigenvalue weighted by molar-refractivity contribution is -0.150. The lowest BCUT2D eigenvalue weighted by Gasteiger charge is -2.35. The smallest absolute Gasteiger partial charge is 0.380 e. The van der Waals surface area contributed by atoms with Crippen LogP contribution in [0.4, 0.5) is 15.8 Å². The summed E-state index contributed by atoms with van der Waals surface area (Å²) in [6.07, 6.45) is -2.52. The van der Waals surface area contributed by atoms with E-state index in [1.54, 1.807) is 17.0 Å². The van der Waals surface area contributed by atoms with Crippen LogP contribution in [0.1, 0.15) is 16.8 Å². The van der Waals surface area contributed by atoms with Crippen LogP contribution in [0.2, 0.25) is 0 Å². The van der Waals surface area contributed by atoms with Crippen LogP contribution in [0.15, 0.2) is 51.8 Å². The van der Waals surface area contributed by atoms with Crippen molar-refractivity contribution in [2.45, 2.75) is 18.6 Å². The zero-order chi connectivity index (χ0) is 26.1. The van der Waals surface area contributed by atoms with Crippen LogP contribution in [-0.4, -0.2) is 76.3 Å². The third-order valence-electron chi connectivity index (χ3n) is 6.13. The number of nitrogens with zero attached hydrogens (tertiary/aromatic N) is 3. The van der Waals surface area contributed by atoms with Crippen molar-refractivity contribution in [2.24, 2.45) is 0 Å². The molecule has 3 N–H and O–H groups in total. The minimum absolute atomic E-state index is 0.0166. The number of aromatic amines is 1. The summed E-state index contributed by atoms with van der Waals surface area (Å²) in [6, 6.07) is 9.77. The van der Waals surface area contributed by atoms with Crippen LogP contribution in [0.25, 0.3) is 11.4 Å². The van der Waals surface area contributed by atoms with Gasteiger partial charge in [0, 0.05) is 42.1 Å². The number of H-pyrrole nitrogens is 1. The van der Waals surface area contributed by atoms with Gasteiger partial charge in [0.15, 0.2) is 18.0 Å². The van der Waals surface area contributed by atoms with Gasteiger partial charge in [-0.15, -0.1) is 0 Å². The van der Waals surface area contributed by atoms with E-state index < -0.39 is 35.6 Å². The molecular weight excluding hydrogens is 489 g/mol. The highest BCUT2D eigenvalue weighted by molar-refractivity contribution is 6.04. The van der Waals surface area contributed by atoms with Crippen molar-refractivity contribution in [1.82, 2.24) is 15.0 Å². The van der Waals surface area contributed by atoms with Gasteiger partial charge in [0.1, 0.15) is 5.82 Å². The molecule has 1 aromatic heterocycles. The average molecular weight is 511 g/mol. The largest absolute Gasteiger partial charge is 0.439 e. The van der Waals surface area contributed by atoms with Crippen molar-refractivity contribution >= 4 is 29.1 Å². The molecule has 3 aromatic rings. The molecule has 2 saturated heterocycles. The minimum Gasteiger partial charge on any atom is -0.380 e. The van der Waals surface area contributed by atoms with Crippen molar-refractivity contribution < 1.29 is 33.1 Å². The van der Waals surface area contributed by atoms with Gasteiger partial charge in [-0.3, -0.25) is 23.9 Å². The highest BCUT2D eigenvalue weighted by atomic mass is 19.1. The summed E-state index contributed by atoms with van der Waals surface area (Å²) in [5, 5.41) is 16.7. The zero-order valence-corrected chi connectivity index (χ0v) is 19.3. The minimum atomic E-state index is -1.86. The van der Waals surface area contributed by atoms with Crippen molar-refractivity contribution in [2.75, 3.05) is 36.5 Å². The van der Waals surface area contributed by atoms with Gasteiger partial charge in [-0.25, -0.2) is 9.18 Å². The third-order valence-corrected chi connectivity index (χ3v) is 6.13. The first-order valence-corrected chi connectivity index (χ1v) is 11.5. The van der Waals surface area contributed by atoms with Crippen LogP contribution in [0.3, 0.4) is 0 Å². The molecular formula is C24H22FN5O7. The summed E-state index contributed by atoms with van der Waals surface area (Å²) in [6.45, 7) is 1.22. The van der Waals surface area contributed by atoms with E-state index in [9.17, 15) is 28.7 Å². The number of hydrogen-bond donors (Lipinski definition) is 3. The summed E-state index contributed by atoms with van der Waals surface area (Å²) in [4.78, 5) is 54.6. The molecule has 5 rings (SSSR count). The molecule has 2 unspecified atom stereocenters. The molecule has 2 aromatic carbocycles. The number of rotatable bonds is 6. The topological polar surface area (TPSA) is 158 Å². The first kappa shape index (κ1) is 24.3. The van der Waals surface area contributed by atoms with Gasteiger partial charge >= 0.3 is 5.76 Å². The summed E-state index contributed by atoms with van der Waals surface area (Å²) in [7, 11) is 0. The van der Waals surface area contributed by atoms with Crippen LogP contribution in [0, 0.1) is 5.82 Å². The predicted octanol–water partition coefficient (Wildman–Crippen LogP) is 0.746. The molecule has 2 atom stereocenters. The van der Waals surface area contributed by atoms with E-state index in [0.717, 1.165) is 18.6 Å². The maximum atomic E-state index is 14.3. The van der Waals surface area contributed by atoms with E-state index >= 15 is 0 Å². The van der Waals surface area contributed by atoms with Gasteiger partial charge in [-0.2, -0.15) is 0 Å². The Morgan fingerprint density at radius 1 is 1.14 bits per heavy atom. The molecule has 2 aliphatic heterocycles. The number of aliphatic hydroxyl groups is 1. The number of carbonyl (C=O) groups is 3. The van der Waals surface area contributed by atoms with Gasteiger partial charge in [0.2, 0.25) is 0 Å². The van der Waals surface area contributed by atoms with Crippen molar-refractivity contribution in [3.05, 3.63) is 64.4 Å². The fourth-order valence-electron chi connectivity index (χ4n) is 4.06. The molecule has 0 spiro atoms. The van der Waals surface area contributed by atoms with Crippen LogP contribution in [-0.2, 0) is 14.3 Å². The second kappa shape index (κ2) is 9.95. The highest BCUT2D eigenvalue weighted by Gasteiger charge is 2.39. The number of halogens is 1. The van der Waals surface area contributed by atoms with Gasteiger partial charge in [0.05, 0.1) is 6.61 Å². The highest BCUT2D eigenvalue weighted by Crippen LogP contribution is 2.25. The van der Waals surface area contributed by atoms with E-state index in [2.05, 4.69) is 20.0 Å². The molecule has 192 valence electrons. The molecule has 37 heavy (non-hydrogen) atoms. The number of hydrogen-bond acceptors (Lipinski definition) is 8. The number of aliphatic hydroxyl groups excluding tert-OH is 1. The second-order valence-corrected chi connectivity index (χ2v) is 8.58. The van der Waals surface area contributed by atoms with E-state index in [1.165, 1.54) is 23.1 Å². The lowest BCUT2D eigenvalue weighted by atomic mass is 10.1. The van der Waals surface area contributed by atoms with E-state index in [4.69, 9.17) is 4.74 Å². The average Bonchev–Trinajstić information content (AvgIpc) is 3.29. The SMILES string of the molecule is O=C(Nc1ccc(-c2noc(=O)[nH]2)cc1)C(O)C1OCCN(c2cc(F)cc(C(=O)N3CCC3)c2)C1=O. The van der Waals surface area contributed by atoms with Crippen LogP contribution in [0.5, 0.6) is 0 Å². The third kappa shape index (κ3) is 4.99. The number of morpholine rings is 1. The Kier molecular flexibility index (Phi) is 6.54. The number of likely N-dealkylation sites (tertiary alicyclic amines) is 1. The number of anilines is 2. The molecule has 0 saturated carbocycles. The Morgan fingerprint density at radius 3 is 2.54 bits per heavy atom. The Bertz CT molecular complexity index is 1400. The normalized spacial score (nSPS) is 18.3. The standard InChI is InChI=1S/C24H22FN5O7/c25-15-10-14(22(33)29-6-1-7-29)11-17(12-15)30-8-9-36-19(23(30)34)18(31)21(32)26-16-4-2-13(3-5-16)20-27-24(35)37-28-20/h2-5,10-12,18-19,31H,1,6-9H2,(H,26,32)(H,27,28,35). The molecule has 3 heterocycles. The Labute approximate surface area is 208 Å². The van der Waals surface area contributed by atoms with Gasteiger partial charge in [0.25, 0.3) is 17.7 Å². The molecule has 12 nitrogen and oxygen atoms in total. The number of nitrogens with one attached hydrogen (secondary N) is 2. The van der Waals surface area contributed by atoms with E-state index in [1.807, 2.05) is 0 Å². The first-order valence-electron chi connectivity index (χ1n) is 11.5. The van der Waals surface area contributed by atoms with E-state index in [-0.39, 0.29) is 36.1 Å². The molecule has 2 fully saturated rings. The number of aromatic nitrogens is 2. The Hall–Kier alpha value is -4.36. The van der Waals surface area contributed by atoms with Crippen molar-refractivity contribution in [3.8, 4) is 11.4 Å². The number of benzene rings is 2. The summed E-state index contributed by atoms with van der Waals surface area (Å²) in [5.74, 6) is -3.16. The number of carbonyl (C=O) groups excluding carboxylic acids is 3. The Morgan fingerprint density at radius 2 is 1.89 bits per heavy atom. The molecule has 2 aliphatic rings. The quantitative estimate of drug-likeness (QED) is 0.437. The zero-order valence-electron chi connectivity index (χ0n) is 19.3. The fourth-order valence-corrected chi connectivity index (χ4v) is 4.06. The van der Waals surface area contributed by atoms with Crippen molar-refractivity contribution in [1.29, 1.82) is 0 Å². The molecule has 0 radical (unpaired) electrons. The maximum absolute atomic E-state index is 14.3. The first-order chi connectivity index (χ1) is 17.8. The van der Waals surface area contributed by atoms with Crippen LogP contribution >= 0.6 is 0 Å². The van der Waals surface area contributed by atoms with Gasteiger partial charge in [-0.05, 0) is 48.9 Å². The van der Waals surface area contributed by atoms with Gasteiger partial charge in [-0.1, -0.05) is 5.16 Å². The summed E-state index contributed by atoms with van der Waals surface area (Å²) in [5.41, 5.74) is 1.07.